The monoisotopic (exact) mass is 331 g/mol. The Kier molecular flexibility index (Phi) is 4.54. The maximum atomic E-state index is 13.8. The van der Waals surface area contributed by atoms with Gasteiger partial charge in [0.15, 0.2) is 0 Å². The number of halogens is 2. The van der Waals surface area contributed by atoms with Crippen molar-refractivity contribution >= 4 is 21.8 Å². The van der Waals surface area contributed by atoms with Crippen molar-refractivity contribution in [2.75, 3.05) is 19.7 Å². The molecule has 0 bridgehead atoms. The van der Waals surface area contributed by atoms with Gasteiger partial charge in [0.1, 0.15) is 5.82 Å². The Morgan fingerprint density at radius 1 is 1.58 bits per heavy atom. The molecule has 1 aromatic carbocycles. The van der Waals surface area contributed by atoms with Crippen LogP contribution in [0.4, 0.5) is 4.39 Å². The first-order valence-corrected chi connectivity index (χ1v) is 6.81. The van der Waals surface area contributed by atoms with Gasteiger partial charge < -0.3 is 14.7 Å². The number of carbonyl (C=O) groups excluding carboxylic acids is 1. The van der Waals surface area contributed by atoms with E-state index in [1.807, 2.05) is 6.92 Å². The lowest BCUT2D eigenvalue weighted by Crippen LogP contribution is -2.50. The molecule has 1 N–H and O–H groups in total. The summed E-state index contributed by atoms with van der Waals surface area (Å²) >= 11 is 3.15. The van der Waals surface area contributed by atoms with Crippen molar-refractivity contribution in [2.24, 2.45) is 0 Å². The summed E-state index contributed by atoms with van der Waals surface area (Å²) in [5.41, 5.74) is 0.0361. The lowest BCUT2D eigenvalue weighted by Gasteiger charge is -2.36. The summed E-state index contributed by atoms with van der Waals surface area (Å²) in [4.78, 5) is 13.8. The number of nitrogens with zero attached hydrogens (tertiary/aromatic N) is 1. The molecule has 0 radical (unpaired) electrons. The molecule has 2 atom stereocenters. The predicted octanol–water partition coefficient (Wildman–Crippen LogP) is 1.81. The summed E-state index contributed by atoms with van der Waals surface area (Å²) in [5, 5.41) is 9.13. The van der Waals surface area contributed by atoms with Gasteiger partial charge >= 0.3 is 0 Å². The maximum absolute atomic E-state index is 13.8. The van der Waals surface area contributed by atoms with E-state index in [-0.39, 0.29) is 30.7 Å². The third-order valence-electron chi connectivity index (χ3n) is 2.98. The molecule has 1 heterocycles. The van der Waals surface area contributed by atoms with Gasteiger partial charge in [0.25, 0.3) is 5.91 Å². The van der Waals surface area contributed by atoms with Crippen molar-refractivity contribution in [1.82, 2.24) is 4.90 Å². The fourth-order valence-electron chi connectivity index (χ4n) is 2.15. The van der Waals surface area contributed by atoms with E-state index in [1.165, 1.54) is 17.0 Å². The standard InChI is InChI=1S/C13H15BrFNO3/c1-8-5-16(6-10(7-17)19-8)13(18)11-3-2-9(14)4-12(11)15/h2-4,8,10,17H,5-7H2,1H3. The van der Waals surface area contributed by atoms with Crippen molar-refractivity contribution in [3.8, 4) is 0 Å². The topological polar surface area (TPSA) is 49.8 Å². The van der Waals surface area contributed by atoms with E-state index in [1.54, 1.807) is 6.07 Å². The van der Waals surface area contributed by atoms with Crippen molar-refractivity contribution < 1.29 is 19.0 Å². The highest BCUT2D eigenvalue weighted by Crippen LogP contribution is 2.19. The molecule has 1 amide bonds. The third-order valence-corrected chi connectivity index (χ3v) is 3.47. The number of carbonyl (C=O) groups is 1. The van der Waals surface area contributed by atoms with Gasteiger partial charge in [0.05, 0.1) is 24.4 Å². The summed E-state index contributed by atoms with van der Waals surface area (Å²) in [6, 6.07) is 4.35. The first-order valence-electron chi connectivity index (χ1n) is 6.02. The number of rotatable bonds is 2. The highest BCUT2D eigenvalue weighted by molar-refractivity contribution is 9.10. The molecule has 1 aliphatic rings. The molecule has 0 aromatic heterocycles. The van der Waals surface area contributed by atoms with Gasteiger partial charge in [-0.2, -0.15) is 0 Å². The zero-order valence-electron chi connectivity index (χ0n) is 10.5. The minimum atomic E-state index is -0.556. The highest BCUT2D eigenvalue weighted by atomic mass is 79.9. The van der Waals surface area contributed by atoms with Crippen molar-refractivity contribution in [1.29, 1.82) is 0 Å². The van der Waals surface area contributed by atoms with Crippen LogP contribution in [0.5, 0.6) is 0 Å². The third kappa shape index (κ3) is 3.32. The van der Waals surface area contributed by atoms with Gasteiger partial charge in [-0.15, -0.1) is 0 Å². The van der Waals surface area contributed by atoms with E-state index in [0.717, 1.165) is 0 Å². The molecule has 0 spiro atoms. The lowest BCUT2D eigenvalue weighted by atomic mass is 10.1. The van der Waals surface area contributed by atoms with E-state index in [9.17, 15) is 9.18 Å². The Balaban J connectivity index is 2.18. The predicted molar refractivity (Wildman–Crippen MR) is 71.4 cm³/mol. The van der Waals surface area contributed by atoms with Crippen LogP contribution in [0.2, 0.25) is 0 Å². The maximum Gasteiger partial charge on any atom is 0.257 e. The molecule has 4 nitrogen and oxygen atoms in total. The van der Waals surface area contributed by atoms with Crippen molar-refractivity contribution in [3.63, 3.8) is 0 Å². The first-order chi connectivity index (χ1) is 9.01. The SMILES string of the molecule is CC1CN(C(=O)c2ccc(Br)cc2F)CC(CO)O1. The molecule has 2 unspecified atom stereocenters. The summed E-state index contributed by atoms with van der Waals surface area (Å²) in [7, 11) is 0. The molecule has 0 saturated carbocycles. The van der Waals surface area contributed by atoms with Gasteiger partial charge in [-0.1, -0.05) is 15.9 Å². The van der Waals surface area contributed by atoms with E-state index < -0.39 is 11.9 Å². The van der Waals surface area contributed by atoms with Gasteiger partial charge in [-0.25, -0.2) is 4.39 Å². The van der Waals surface area contributed by atoms with Crippen LogP contribution in [0, 0.1) is 5.82 Å². The molecule has 1 saturated heterocycles. The lowest BCUT2D eigenvalue weighted by molar-refractivity contribution is -0.0859. The molecule has 1 aromatic rings. The molecule has 6 heteroatoms. The number of ether oxygens (including phenoxy) is 1. The summed E-state index contributed by atoms with van der Waals surface area (Å²) in [6.45, 7) is 2.33. The highest BCUT2D eigenvalue weighted by Gasteiger charge is 2.29. The largest absolute Gasteiger partial charge is 0.394 e. The van der Waals surface area contributed by atoms with Gasteiger partial charge in [0.2, 0.25) is 0 Å². The summed E-state index contributed by atoms with van der Waals surface area (Å²) in [5.74, 6) is -0.933. The molecule has 104 valence electrons. The second-order valence-electron chi connectivity index (χ2n) is 4.59. The van der Waals surface area contributed by atoms with Crippen LogP contribution in [0.3, 0.4) is 0 Å². The molecule has 2 rings (SSSR count). The normalized spacial score (nSPS) is 23.5. The van der Waals surface area contributed by atoms with E-state index in [2.05, 4.69) is 15.9 Å². The average molecular weight is 332 g/mol. The number of hydrogen-bond donors (Lipinski definition) is 1. The van der Waals surface area contributed by atoms with Gasteiger partial charge in [0, 0.05) is 17.6 Å². The summed E-state index contributed by atoms with van der Waals surface area (Å²) < 4.78 is 19.8. The fraction of sp³-hybridized carbons (Fsp3) is 0.462. The van der Waals surface area contributed by atoms with Crippen LogP contribution < -0.4 is 0 Å². The number of morpholine rings is 1. The second-order valence-corrected chi connectivity index (χ2v) is 5.50. The van der Waals surface area contributed by atoms with Crippen LogP contribution in [-0.2, 0) is 4.74 Å². The molecular formula is C13H15BrFNO3. The minimum absolute atomic E-state index is 0.0361. The zero-order valence-corrected chi connectivity index (χ0v) is 12.1. The van der Waals surface area contributed by atoms with Crippen molar-refractivity contribution in [2.45, 2.75) is 19.1 Å². The average Bonchev–Trinajstić information content (AvgIpc) is 2.37. The zero-order chi connectivity index (χ0) is 14.0. The van der Waals surface area contributed by atoms with Crippen LogP contribution >= 0.6 is 15.9 Å². The Bertz CT molecular complexity index is 483. The molecule has 19 heavy (non-hydrogen) atoms. The Morgan fingerprint density at radius 3 is 2.95 bits per heavy atom. The Morgan fingerprint density at radius 2 is 2.32 bits per heavy atom. The number of benzene rings is 1. The van der Waals surface area contributed by atoms with Gasteiger partial charge in [-0.3, -0.25) is 4.79 Å². The quantitative estimate of drug-likeness (QED) is 0.899. The second kappa shape index (κ2) is 5.98. The Hall–Kier alpha value is -0.980. The molecule has 0 aliphatic carbocycles. The van der Waals surface area contributed by atoms with Crippen LogP contribution in [0.15, 0.2) is 22.7 Å². The smallest absolute Gasteiger partial charge is 0.257 e. The molecular weight excluding hydrogens is 317 g/mol. The van der Waals surface area contributed by atoms with Crippen LogP contribution in [0.1, 0.15) is 17.3 Å². The van der Waals surface area contributed by atoms with E-state index in [0.29, 0.717) is 11.0 Å². The molecule has 1 fully saturated rings. The fourth-order valence-corrected chi connectivity index (χ4v) is 2.48. The number of amides is 1. The minimum Gasteiger partial charge on any atom is -0.394 e. The van der Waals surface area contributed by atoms with Crippen LogP contribution in [0.25, 0.3) is 0 Å². The molecule has 1 aliphatic heterocycles. The van der Waals surface area contributed by atoms with Gasteiger partial charge in [-0.05, 0) is 25.1 Å². The number of aliphatic hydroxyl groups excluding tert-OH is 1. The Labute approximate surface area is 119 Å². The number of hydrogen-bond acceptors (Lipinski definition) is 3. The van der Waals surface area contributed by atoms with Crippen LogP contribution in [-0.4, -0.2) is 47.8 Å². The van der Waals surface area contributed by atoms with E-state index in [4.69, 9.17) is 9.84 Å². The first kappa shape index (κ1) is 14.4. The van der Waals surface area contributed by atoms with E-state index >= 15 is 0 Å². The number of aliphatic hydroxyl groups is 1. The summed E-state index contributed by atoms with van der Waals surface area (Å²) in [6.07, 6.45) is -0.584. The van der Waals surface area contributed by atoms with Crippen molar-refractivity contribution in [3.05, 3.63) is 34.1 Å².